The molecule has 1 amide bonds. The maximum absolute atomic E-state index is 12.6. The fourth-order valence-corrected chi connectivity index (χ4v) is 5.40. The lowest BCUT2D eigenvalue weighted by Crippen LogP contribution is -2.31. The van der Waals surface area contributed by atoms with E-state index in [-0.39, 0.29) is 23.5 Å². The van der Waals surface area contributed by atoms with Gasteiger partial charge in [0.25, 0.3) is 5.91 Å². The summed E-state index contributed by atoms with van der Waals surface area (Å²) in [5.74, 6) is -0.250. The second-order valence-electron chi connectivity index (χ2n) is 5.79. The van der Waals surface area contributed by atoms with Crippen LogP contribution in [0.1, 0.15) is 17.4 Å². The first-order valence-electron chi connectivity index (χ1n) is 7.12. The molecule has 0 radical (unpaired) electrons. The highest BCUT2D eigenvalue weighted by atomic mass is 32.2. The maximum Gasteiger partial charge on any atom is 0.273 e. The van der Waals surface area contributed by atoms with Crippen molar-refractivity contribution in [1.29, 1.82) is 0 Å². The Balaban J connectivity index is 1.72. The topological polar surface area (TPSA) is 93.4 Å². The quantitative estimate of drug-likeness (QED) is 0.888. The molecule has 1 saturated heterocycles. The van der Waals surface area contributed by atoms with Gasteiger partial charge in [0.1, 0.15) is 10.7 Å². The number of amides is 1. The molecule has 0 spiro atoms. The van der Waals surface area contributed by atoms with E-state index in [1.807, 2.05) is 24.4 Å². The summed E-state index contributed by atoms with van der Waals surface area (Å²) < 4.78 is 22.6. The van der Waals surface area contributed by atoms with Crippen LogP contribution in [-0.2, 0) is 10.0 Å². The number of rotatable bonds is 4. The molecule has 0 aromatic carbocycles. The van der Waals surface area contributed by atoms with Crippen molar-refractivity contribution < 1.29 is 13.2 Å². The van der Waals surface area contributed by atoms with E-state index in [1.165, 1.54) is 11.3 Å². The molecule has 0 aliphatic carbocycles. The van der Waals surface area contributed by atoms with Crippen molar-refractivity contribution in [2.24, 2.45) is 17.0 Å². The molecule has 1 aliphatic rings. The highest BCUT2D eigenvalue weighted by Crippen LogP contribution is 2.30. The highest BCUT2D eigenvalue weighted by molar-refractivity contribution is 7.89. The van der Waals surface area contributed by atoms with Gasteiger partial charge in [-0.2, -0.15) is 0 Å². The lowest BCUT2D eigenvalue weighted by Gasteiger charge is -2.14. The average molecular weight is 372 g/mol. The third-order valence-electron chi connectivity index (χ3n) is 3.96. The highest BCUT2D eigenvalue weighted by Gasteiger charge is 2.35. The fourth-order valence-electron chi connectivity index (χ4n) is 2.76. The Bertz CT molecular complexity index is 798. The number of carbonyl (C=O) groups excluding carboxylic acids is 1. The van der Waals surface area contributed by atoms with E-state index < -0.39 is 10.0 Å². The van der Waals surface area contributed by atoms with Gasteiger partial charge in [0.15, 0.2) is 0 Å². The minimum atomic E-state index is -3.53. The molecule has 0 bridgehead atoms. The summed E-state index contributed by atoms with van der Waals surface area (Å²) in [6.45, 7) is 2.88. The van der Waals surface area contributed by atoms with Crippen molar-refractivity contribution in [3.8, 4) is 9.88 Å². The molecule has 0 saturated carbocycles. The number of nitrogens with zero attached hydrogens (tertiary/aromatic N) is 2. The van der Waals surface area contributed by atoms with Gasteiger partial charge in [-0.1, -0.05) is 13.0 Å². The molecule has 1 fully saturated rings. The molecule has 6 nitrogen and oxygen atoms in total. The van der Waals surface area contributed by atoms with Gasteiger partial charge in [0, 0.05) is 18.5 Å². The van der Waals surface area contributed by atoms with Crippen molar-refractivity contribution in [3.05, 3.63) is 28.6 Å². The largest absolute Gasteiger partial charge is 0.337 e. The van der Waals surface area contributed by atoms with Crippen LogP contribution >= 0.6 is 22.7 Å². The number of thiophene rings is 1. The Labute approximate surface area is 143 Å². The van der Waals surface area contributed by atoms with Gasteiger partial charge in [-0.3, -0.25) is 4.79 Å². The third-order valence-corrected chi connectivity index (χ3v) is 6.73. The van der Waals surface area contributed by atoms with Gasteiger partial charge in [0.2, 0.25) is 10.0 Å². The summed E-state index contributed by atoms with van der Waals surface area (Å²) in [6, 6.07) is 3.92. The minimum Gasteiger partial charge on any atom is -0.337 e. The third kappa shape index (κ3) is 3.79. The minimum absolute atomic E-state index is 0.0878. The number of carbonyl (C=O) groups is 1. The van der Waals surface area contributed by atoms with E-state index in [2.05, 4.69) is 4.98 Å². The maximum atomic E-state index is 12.6. The monoisotopic (exact) mass is 371 g/mol. The second-order valence-corrected chi connectivity index (χ2v) is 9.26. The number of likely N-dealkylation sites (tertiary alicyclic amines) is 1. The van der Waals surface area contributed by atoms with Crippen LogP contribution in [0.4, 0.5) is 0 Å². The molecule has 3 rings (SSSR count). The van der Waals surface area contributed by atoms with E-state index in [1.54, 1.807) is 21.6 Å². The van der Waals surface area contributed by atoms with Gasteiger partial charge < -0.3 is 4.90 Å². The van der Waals surface area contributed by atoms with Crippen LogP contribution in [0, 0.1) is 11.8 Å². The van der Waals surface area contributed by atoms with Crippen molar-refractivity contribution >= 4 is 38.6 Å². The molecule has 23 heavy (non-hydrogen) atoms. The molecule has 2 aromatic heterocycles. The lowest BCUT2D eigenvalue weighted by atomic mass is 10.0. The molecule has 3 heterocycles. The van der Waals surface area contributed by atoms with Crippen molar-refractivity contribution in [2.75, 3.05) is 18.8 Å². The van der Waals surface area contributed by atoms with Gasteiger partial charge >= 0.3 is 0 Å². The molecule has 9 heteroatoms. The fraction of sp³-hybridized carbons (Fsp3) is 0.429. The predicted molar refractivity (Wildman–Crippen MR) is 92.0 cm³/mol. The van der Waals surface area contributed by atoms with E-state index >= 15 is 0 Å². The van der Waals surface area contributed by atoms with Crippen molar-refractivity contribution in [1.82, 2.24) is 9.88 Å². The number of hydrogen-bond donors (Lipinski definition) is 1. The Kier molecular flexibility index (Phi) is 4.54. The van der Waals surface area contributed by atoms with Crippen molar-refractivity contribution in [2.45, 2.75) is 6.92 Å². The molecule has 1 aliphatic heterocycles. The van der Waals surface area contributed by atoms with E-state index in [0.717, 1.165) is 9.88 Å². The van der Waals surface area contributed by atoms with Gasteiger partial charge in [-0.05, 0) is 23.3 Å². The average Bonchev–Trinajstić information content (AvgIpc) is 3.16. The Hall–Kier alpha value is -1.29. The van der Waals surface area contributed by atoms with Crippen LogP contribution < -0.4 is 5.14 Å². The van der Waals surface area contributed by atoms with Crippen LogP contribution in [0.15, 0.2) is 22.9 Å². The van der Waals surface area contributed by atoms with Crippen LogP contribution in [-0.4, -0.2) is 43.1 Å². The van der Waals surface area contributed by atoms with Crippen LogP contribution in [0.3, 0.4) is 0 Å². The van der Waals surface area contributed by atoms with Crippen LogP contribution in [0.2, 0.25) is 0 Å². The standard InChI is InChI=1S/C14H17N3O3S3/c1-9-5-17(6-10(9)8-23(15,19)20)14(18)11-7-22-13(16-11)12-3-2-4-21-12/h2-4,7,9-10H,5-6,8H2,1H3,(H2,15,19,20)/t9-,10+/m1/s1. The number of sulfonamides is 1. The van der Waals surface area contributed by atoms with Gasteiger partial charge in [-0.15, -0.1) is 22.7 Å². The van der Waals surface area contributed by atoms with E-state index in [0.29, 0.717) is 18.8 Å². The zero-order valence-corrected chi connectivity index (χ0v) is 15.0. The number of thiazole rings is 1. The molecule has 124 valence electrons. The Morgan fingerprint density at radius 1 is 1.43 bits per heavy atom. The molecular weight excluding hydrogens is 354 g/mol. The number of aromatic nitrogens is 1. The Morgan fingerprint density at radius 2 is 2.22 bits per heavy atom. The number of primary sulfonamides is 1. The summed E-state index contributed by atoms with van der Waals surface area (Å²) >= 11 is 3.02. The molecule has 0 unspecified atom stereocenters. The second kappa shape index (κ2) is 6.31. The number of hydrogen-bond acceptors (Lipinski definition) is 6. The van der Waals surface area contributed by atoms with Gasteiger partial charge in [0.05, 0.1) is 10.6 Å². The zero-order valence-electron chi connectivity index (χ0n) is 12.5. The van der Waals surface area contributed by atoms with Gasteiger partial charge in [-0.25, -0.2) is 18.5 Å². The molecule has 2 aromatic rings. The SMILES string of the molecule is C[C@@H]1CN(C(=O)c2csc(-c3cccs3)n2)C[C@H]1CS(N)(=O)=O. The van der Waals surface area contributed by atoms with Crippen molar-refractivity contribution in [3.63, 3.8) is 0 Å². The first-order valence-corrected chi connectivity index (χ1v) is 10.6. The smallest absolute Gasteiger partial charge is 0.273 e. The number of nitrogens with two attached hydrogens (primary N) is 1. The summed E-state index contributed by atoms with van der Waals surface area (Å²) in [5.41, 5.74) is 0.418. The zero-order chi connectivity index (χ0) is 16.6. The van der Waals surface area contributed by atoms with E-state index in [9.17, 15) is 13.2 Å². The summed E-state index contributed by atoms with van der Waals surface area (Å²) in [5, 5.41) is 9.69. The summed E-state index contributed by atoms with van der Waals surface area (Å²) in [4.78, 5) is 19.7. The normalized spacial score (nSPS) is 21.7. The first kappa shape index (κ1) is 16.6. The summed E-state index contributed by atoms with van der Waals surface area (Å²) in [7, 11) is -3.53. The van der Waals surface area contributed by atoms with E-state index in [4.69, 9.17) is 5.14 Å². The Morgan fingerprint density at radius 3 is 2.87 bits per heavy atom. The lowest BCUT2D eigenvalue weighted by molar-refractivity contribution is 0.0780. The predicted octanol–water partition coefficient (Wildman–Crippen LogP) is 1.87. The molecule has 2 atom stereocenters. The molecule has 2 N–H and O–H groups in total. The first-order chi connectivity index (χ1) is 10.8. The van der Waals surface area contributed by atoms with Crippen LogP contribution in [0.5, 0.6) is 0 Å². The molecular formula is C14H17N3O3S3. The summed E-state index contributed by atoms with van der Waals surface area (Å²) in [6.07, 6.45) is 0. The van der Waals surface area contributed by atoms with Crippen LogP contribution in [0.25, 0.3) is 9.88 Å².